The van der Waals surface area contributed by atoms with Crippen molar-refractivity contribution in [3.05, 3.63) is 23.8 Å². The highest BCUT2D eigenvalue weighted by molar-refractivity contribution is 5.85. The topological polar surface area (TPSA) is 63.1 Å². The Hall–Kier alpha value is -1.45. The molecule has 5 rings (SSSR count). The average molecular weight is 258 g/mol. The molecule has 19 heavy (non-hydrogen) atoms. The van der Waals surface area contributed by atoms with Crippen molar-refractivity contribution in [3.63, 3.8) is 0 Å². The molecule has 0 saturated heterocycles. The molecule has 1 heterocycles. The Labute approximate surface area is 112 Å². The molecule has 0 amide bonds. The van der Waals surface area contributed by atoms with E-state index in [0.717, 1.165) is 17.7 Å². The number of hydrogen-bond donors (Lipinski definition) is 1. The van der Waals surface area contributed by atoms with Gasteiger partial charge in [-0.1, -0.05) is 0 Å². The molecule has 4 aliphatic rings. The molecule has 0 aliphatic heterocycles. The van der Waals surface area contributed by atoms with E-state index in [9.17, 15) is 4.79 Å². The molecule has 4 heteroatoms. The number of aromatic nitrogens is 2. The Bertz CT molecular complexity index is 501. The quantitative estimate of drug-likeness (QED) is 0.886. The summed E-state index contributed by atoms with van der Waals surface area (Å²) in [5.41, 5.74) is 0.138. The number of carboxylic acid groups (broad SMARTS) is 1. The number of aromatic carboxylic acids is 1. The van der Waals surface area contributed by atoms with Crippen LogP contribution in [0.25, 0.3) is 0 Å². The molecule has 0 aromatic carbocycles. The van der Waals surface area contributed by atoms with Crippen LogP contribution in [0.5, 0.6) is 0 Å². The number of carbonyl (C=O) groups is 1. The minimum absolute atomic E-state index is 0.138. The van der Waals surface area contributed by atoms with Gasteiger partial charge in [-0.25, -0.2) is 14.8 Å². The van der Waals surface area contributed by atoms with Crippen molar-refractivity contribution in [2.45, 2.75) is 38.0 Å². The average Bonchev–Trinajstić information content (AvgIpc) is 2.37. The van der Waals surface area contributed by atoms with Gasteiger partial charge in [-0.2, -0.15) is 0 Å². The van der Waals surface area contributed by atoms with Crippen LogP contribution in [-0.4, -0.2) is 21.0 Å². The molecule has 0 radical (unpaired) electrons. The van der Waals surface area contributed by atoms with Gasteiger partial charge in [0.15, 0.2) is 5.69 Å². The monoisotopic (exact) mass is 258 g/mol. The first kappa shape index (κ1) is 11.4. The molecule has 0 spiro atoms. The largest absolute Gasteiger partial charge is 0.477 e. The van der Waals surface area contributed by atoms with Crippen LogP contribution in [0.1, 0.15) is 54.3 Å². The zero-order chi connectivity index (χ0) is 13.0. The van der Waals surface area contributed by atoms with Crippen LogP contribution in [0.4, 0.5) is 0 Å². The molecule has 4 nitrogen and oxygen atoms in total. The lowest BCUT2D eigenvalue weighted by Gasteiger charge is -2.53. The first-order valence-corrected chi connectivity index (χ1v) is 7.27. The number of carboxylic acids is 1. The summed E-state index contributed by atoms with van der Waals surface area (Å²) < 4.78 is 0. The van der Waals surface area contributed by atoms with E-state index in [2.05, 4.69) is 9.97 Å². The molecule has 4 aliphatic carbocycles. The highest BCUT2D eigenvalue weighted by Crippen LogP contribution is 2.59. The zero-order valence-corrected chi connectivity index (χ0v) is 10.8. The molecule has 0 unspecified atom stereocenters. The van der Waals surface area contributed by atoms with Gasteiger partial charge >= 0.3 is 5.97 Å². The zero-order valence-electron chi connectivity index (χ0n) is 10.8. The third-order valence-corrected chi connectivity index (χ3v) is 5.42. The summed E-state index contributed by atoms with van der Waals surface area (Å²) in [5, 5.41) is 9.07. The van der Waals surface area contributed by atoms with Crippen molar-refractivity contribution < 1.29 is 9.90 Å². The molecular weight excluding hydrogens is 240 g/mol. The summed E-state index contributed by atoms with van der Waals surface area (Å²) in [5.74, 6) is 3.47. The molecule has 1 aromatic heterocycles. The fraction of sp³-hybridized carbons (Fsp3) is 0.667. The van der Waals surface area contributed by atoms with Crippen LogP contribution < -0.4 is 0 Å². The molecule has 4 saturated carbocycles. The summed E-state index contributed by atoms with van der Waals surface area (Å²) in [6.07, 6.45) is 8.25. The Morgan fingerprint density at radius 2 is 1.74 bits per heavy atom. The van der Waals surface area contributed by atoms with Crippen LogP contribution >= 0.6 is 0 Å². The molecule has 100 valence electrons. The maximum Gasteiger partial charge on any atom is 0.354 e. The lowest BCUT2D eigenvalue weighted by molar-refractivity contribution is -0.00577. The van der Waals surface area contributed by atoms with Gasteiger partial charge in [0.25, 0.3) is 0 Å². The highest BCUT2D eigenvalue weighted by atomic mass is 16.4. The van der Waals surface area contributed by atoms with E-state index in [1.165, 1.54) is 38.2 Å². The second-order valence-electron chi connectivity index (χ2n) is 6.56. The predicted molar refractivity (Wildman–Crippen MR) is 68.8 cm³/mol. The summed E-state index contributed by atoms with van der Waals surface area (Å²) in [4.78, 5) is 19.8. The fourth-order valence-electron chi connectivity index (χ4n) is 5.00. The Morgan fingerprint density at radius 3 is 2.32 bits per heavy atom. The number of hydrogen-bond acceptors (Lipinski definition) is 3. The first-order valence-electron chi connectivity index (χ1n) is 7.27. The van der Waals surface area contributed by atoms with Crippen molar-refractivity contribution >= 4 is 5.97 Å². The van der Waals surface area contributed by atoms with Crippen molar-refractivity contribution in [1.29, 1.82) is 0 Å². The van der Waals surface area contributed by atoms with Crippen LogP contribution in [0, 0.1) is 23.7 Å². The van der Waals surface area contributed by atoms with Crippen LogP contribution in [0.15, 0.2) is 12.3 Å². The third kappa shape index (κ3) is 1.77. The molecule has 4 bridgehead atoms. The second kappa shape index (κ2) is 4.02. The minimum atomic E-state index is -0.951. The maximum absolute atomic E-state index is 11.1. The van der Waals surface area contributed by atoms with Gasteiger partial charge < -0.3 is 5.11 Å². The summed E-state index contributed by atoms with van der Waals surface area (Å²) in [6.45, 7) is 0. The van der Waals surface area contributed by atoms with Gasteiger partial charge in [0.2, 0.25) is 0 Å². The lowest BCUT2D eigenvalue weighted by atomic mass is 9.51. The van der Waals surface area contributed by atoms with Crippen LogP contribution in [0.3, 0.4) is 0 Å². The Kier molecular flexibility index (Phi) is 2.41. The summed E-state index contributed by atoms with van der Waals surface area (Å²) in [6, 6.07) is 1.49. The lowest BCUT2D eigenvalue weighted by Crippen LogP contribution is -2.44. The van der Waals surface area contributed by atoms with Crippen molar-refractivity contribution in [2.75, 3.05) is 0 Å². The maximum atomic E-state index is 11.1. The summed E-state index contributed by atoms with van der Waals surface area (Å²) in [7, 11) is 0. The number of rotatable bonds is 2. The fourth-order valence-corrected chi connectivity index (χ4v) is 5.00. The van der Waals surface area contributed by atoms with E-state index in [-0.39, 0.29) is 5.69 Å². The second-order valence-corrected chi connectivity index (χ2v) is 6.56. The van der Waals surface area contributed by atoms with Gasteiger partial charge in [-0.05, 0) is 61.8 Å². The Morgan fingerprint density at radius 1 is 1.11 bits per heavy atom. The van der Waals surface area contributed by atoms with Crippen molar-refractivity contribution in [1.82, 2.24) is 9.97 Å². The van der Waals surface area contributed by atoms with Crippen molar-refractivity contribution in [3.8, 4) is 0 Å². The van der Waals surface area contributed by atoms with Gasteiger partial charge in [0, 0.05) is 12.1 Å². The predicted octanol–water partition coefficient (Wildman–Crippen LogP) is 2.71. The normalized spacial score (nSPS) is 39.5. The first-order chi connectivity index (χ1) is 9.20. The van der Waals surface area contributed by atoms with Gasteiger partial charge in [-0.15, -0.1) is 0 Å². The smallest absolute Gasteiger partial charge is 0.354 e. The van der Waals surface area contributed by atoms with Gasteiger partial charge in [-0.3, -0.25) is 0 Å². The SMILES string of the molecule is O=C(O)c1ccnc(C2C3CC4CC(C3)CC2C4)n1. The van der Waals surface area contributed by atoms with E-state index in [4.69, 9.17) is 5.11 Å². The molecule has 1 aromatic rings. The third-order valence-electron chi connectivity index (χ3n) is 5.42. The van der Waals surface area contributed by atoms with E-state index in [1.54, 1.807) is 6.20 Å². The summed E-state index contributed by atoms with van der Waals surface area (Å²) >= 11 is 0. The van der Waals surface area contributed by atoms with Crippen LogP contribution in [0.2, 0.25) is 0 Å². The van der Waals surface area contributed by atoms with E-state index < -0.39 is 5.97 Å². The van der Waals surface area contributed by atoms with E-state index in [1.807, 2.05) is 0 Å². The minimum Gasteiger partial charge on any atom is -0.477 e. The van der Waals surface area contributed by atoms with Crippen LogP contribution in [-0.2, 0) is 0 Å². The molecule has 0 atom stereocenters. The Balaban J connectivity index is 1.69. The molecular formula is C15H18N2O2. The van der Waals surface area contributed by atoms with Gasteiger partial charge in [0.05, 0.1) is 0 Å². The highest BCUT2D eigenvalue weighted by Gasteiger charge is 2.49. The molecule has 4 fully saturated rings. The molecule has 1 N–H and O–H groups in total. The van der Waals surface area contributed by atoms with Crippen molar-refractivity contribution in [2.24, 2.45) is 23.7 Å². The van der Waals surface area contributed by atoms with E-state index >= 15 is 0 Å². The van der Waals surface area contributed by atoms with Gasteiger partial charge in [0.1, 0.15) is 5.82 Å². The standard InChI is InChI=1S/C15H18N2O2/c18-15(19)12-1-2-16-14(17-12)13-10-4-8-3-9(6-10)7-11(13)5-8/h1-2,8-11,13H,3-7H2,(H,18,19). The number of nitrogens with zero attached hydrogens (tertiary/aromatic N) is 2. The van der Waals surface area contributed by atoms with E-state index in [0.29, 0.717) is 17.8 Å².